The van der Waals surface area contributed by atoms with Gasteiger partial charge in [-0.2, -0.15) is 0 Å². The van der Waals surface area contributed by atoms with Crippen molar-refractivity contribution < 1.29 is 53.0 Å². The molecule has 2 unspecified atom stereocenters. The molecular formula is C23H32O11. The van der Waals surface area contributed by atoms with E-state index in [1.807, 2.05) is 20.8 Å². The molecule has 3 heterocycles. The van der Waals surface area contributed by atoms with E-state index in [9.17, 15) is 24.6 Å². The summed E-state index contributed by atoms with van der Waals surface area (Å²) in [4.78, 5) is 39.4. The highest BCUT2D eigenvalue weighted by molar-refractivity contribution is 5.92. The number of aliphatic hydroxyl groups is 2. The molecule has 5 aliphatic rings. The summed E-state index contributed by atoms with van der Waals surface area (Å²) in [6.07, 6.45) is -4.62. The average Bonchev–Trinajstić information content (AvgIpc) is 3.42. The largest absolute Gasteiger partial charge is 0.469 e. The lowest BCUT2D eigenvalue weighted by atomic mass is 9.51. The highest BCUT2D eigenvalue weighted by Gasteiger charge is 3.00. The first-order valence-corrected chi connectivity index (χ1v) is 11.5. The van der Waals surface area contributed by atoms with E-state index in [1.54, 1.807) is 0 Å². The molecule has 2 saturated carbocycles. The van der Waals surface area contributed by atoms with Crippen LogP contribution in [0.4, 0.5) is 0 Å². The molecule has 0 radical (unpaired) electrons. The molecule has 190 valence electrons. The predicted molar refractivity (Wildman–Crippen MR) is 110 cm³/mol. The van der Waals surface area contributed by atoms with Crippen molar-refractivity contribution in [3.8, 4) is 0 Å². The molecule has 11 nitrogen and oxygen atoms in total. The number of hydrogen-bond acceptors (Lipinski definition) is 11. The molecule has 2 spiro atoms. The Hall–Kier alpha value is -1.79. The lowest BCUT2D eigenvalue weighted by molar-refractivity contribution is -0.253. The summed E-state index contributed by atoms with van der Waals surface area (Å²) < 4.78 is 33.7. The van der Waals surface area contributed by atoms with Crippen molar-refractivity contribution in [1.82, 2.24) is 0 Å². The molecule has 34 heavy (non-hydrogen) atoms. The molecule has 2 N–H and O–H groups in total. The van der Waals surface area contributed by atoms with Crippen LogP contribution in [-0.4, -0.2) is 84.9 Å². The minimum absolute atomic E-state index is 0.159. The number of carbonyl (C=O) groups excluding carboxylic acids is 3. The van der Waals surface area contributed by atoms with E-state index in [2.05, 4.69) is 0 Å². The topological polar surface area (TPSA) is 147 Å². The molecule has 11 heteroatoms. The van der Waals surface area contributed by atoms with Crippen LogP contribution in [0, 0.1) is 28.1 Å². The van der Waals surface area contributed by atoms with Gasteiger partial charge < -0.3 is 38.6 Å². The number of aliphatic hydroxyl groups excluding tert-OH is 1. The number of ether oxygens (including phenoxy) is 6. The molecule has 0 aromatic heterocycles. The predicted octanol–water partition coefficient (Wildman–Crippen LogP) is -0.104. The van der Waals surface area contributed by atoms with Gasteiger partial charge in [-0.25, -0.2) is 9.59 Å². The summed E-state index contributed by atoms with van der Waals surface area (Å²) >= 11 is 0. The SMILES string of the molecule is COCO[C@H]1C(=O)O[C@H]2O[C@]34C(=O)O[C@@H]5C[C@@H](C(C)(C)C)C21C53C[C@@H](O)[C@]4(O)[C@@H](C)C(=O)OC. The molecule has 0 aromatic carbocycles. The lowest BCUT2D eigenvalue weighted by Crippen LogP contribution is -2.68. The Labute approximate surface area is 196 Å². The van der Waals surface area contributed by atoms with Gasteiger partial charge in [0.2, 0.25) is 11.9 Å². The van der Waals surface area contributed by atoms with Gasteiger partial charge in [0.05, 0.1) is 30.0 Å². The number of methoxy groups -OCH3 is 2. The van der Waals surface area contributed by atoms with Crippen LogP contribution in [0.25, 0.3) is 0 Å². The lowest BCUT2D eigenvalue weighted by Gasteiger charge is -2.47. The third kappa shape index (κ3) is 2.16. The van der Waals surface area contributed by atoms with Gasteiger partial charge in [0.15, 0.2) is 6.10 Å². The Morgan fingerprint density at radius 3 is 2.50 bits per heavy atom. The summed E-state index contributed by atoms with van der Waals surface area (Å²) in [7, 11) is 2.57. The van der Waals surface area contributed by atoms with Crippen LogP contribution in [-0.2, 0) is 42.8 Å². The zero-order valence-corrected chi connectivity index (χ0v) is 20.2. The smallest absolute Gasteiger partial charge is 0.342 e. The summed E-state index contributed by atoms with van der Waals surface area (Å²) in [6, 6.07) is 0. The Bertz CT molecular complexity index is 944. The van der Waals surface area contributed by atoms with Crippen LogP contribution in [0.5, 0.6) is 0 Å². The Balaban J connectivity index is 1.80. The van der Waals surface area contributed by atoms with Crippen molar-refractivity contribution in [1.29, 1.82) is 0 Å². The van der Waals surface area contributed by atoms with Gasteiger partial charge in [-0.1, -0.05) is 20.8 Å². The van der Waals surface area contributed by atoms with Gasteiger partial charge in [-0.05, 0) is 31.1 Å². The minimum atomic E-state index is -2.39. The van der Waals surface area contributed by atoms with E-state index in [0.29, 0.717) is 6.42 Å². The number of rotatable bonds is 5. The monoisotopic (exact) mass is 484 g/mol. The fourth-order valence-corrected chi connectivity index (χ4v) is 8.21. The number of hydrogen-bond donors (Lipinski definition) is 2. The Morgan fingerprint density at radius 1 is 1.24 bits per heavy atom. The highest BCUT2D eigenvalue weighted by Crippen LogP contribution is 2.84. The van der Waals surface area contributed by atoms with E-state index < -0.39 is 75.9 Å². The summed E-state index contributed by atoms with van der Waals surface area (Å²) in [6.45, 7) is 7.13. The van der Waals surface area contributed by atoms with Crippen molar-refractivity contribution in [3.05, 3.63) is 0 Å². The van der Waals surface area contributed by atoms with E-state index in [1.165, 1.54) is 14.0 Å². The molecule has 5 fully saturated rings. The average molecular weight is 484 g/mol. The summed E-state index contributed by atoms with van der Waals surface area (Å²) in [5.74, 6) is -4.08. The van der Waals surface area contributed by atoms with E-state index in [-0.39, 0.29) is 19.1 Å². The van der Waals surface area contributed by atoms with Gasteiger partial charge in [-0.15, -0.1) is 0 Å². The van der Waals surface area contributed by atoms with E-state index >= 15 is 0 Å². The van der Waals surface area contributed by atoms with Crippen LogP contribution in [0.3, 0.4) is 0 Å². The first-order chi connectivity index (χ1) is 15.8. The first-order valence-electron chi connectivity index (χ1n) is 11.5. The quantitative estimate of drug-likeness (QED) is 0.306. The van der Waals surface area contributed by atoms with Gasteiger partial charge in [-0.3, -0.25) is 4.79 Å². The molecule has 0 amide bonds. The number of carbonyl (C=O) groups is 3. The van der Waals surface area contributed by atoms with Crippen molar-refractivity contribution in [2.75, 3.05) is 21.0 Å². The second-order valence-corrected chi connectivity index (χ2v) is 11.3. The number of esters is 3. The Kier molecular flexibility index (Phi) is 4.86. The van der Waals surface area contributed by atoms with Crippen molar-refractivity contribution >= 4 is 17.9 Å². The fourth-order valence-electron chi connectivity index (χ4n) is 8.21. The van der Waals surface area contributed by atoms with Crippen LogP contribution >= 0.6 is 0 Å². The maximum absolute atomic E-state index is 13.6. The van der Waals surface area contributed by atoms with E-state index in [0.717, 1.165) is 7.11 Å². The van der Waals surface area contributed by atoms with Crippen molar-refractivity contribution in [2.45, 2.75) is 76.3 Å². The molecule has 0 aromatic rings. The molecule has 0 bridgehead atoms. The maximum atomic E-state index is 13.6. The zero-order chi connectivity index (χ0) is 25.1. The second-order valence-electron chi connectivity index (χ2n) is 11.3. The maximum Gasteiger partial charge on any atom is 0.342 e. The fraction of sp³-hybridized carbons (Fsp3) is 0.870. The Morgan fingerprint density at radius 2 is 1.91 bits per heavy atom. The van der Waals surface area contributed by atoms with Crippen LogP contribution < -0.4 is 0 Å². The van der Waals surface area contributed by atoms with Crippen LogP contribution in [0.1, 0.15) is 40.5 Å². The molecule has 5 rings (SSSR count). The molecule has 3 aliphatic heterocycles. The van der Waals surface area contributed by atoms with Crippen LogP contribution in [0.2, 0.25) is 0 Å². The third-order valence-electron chi connectivity index (χ3n) is 9.26. The van der Waals surface area contributed by atoms with E-state index in [4.69, 9.17) is 28.4 Å². The highest BCUT2D eigenvalue weighted by atomic mass is 16.8. The second kappa shape index (κ2) is 6.91. The van der Waals surface area contributed by atoms with Gasteiger partial charge >= 0.3 is 17.9 Å². The summed E-state index contributed by atoms with van der Waals surface area (Å²) in [5, 5.41) is 23.4. The zero-order valence-electron chi connectivity index (χ0n) is 20.2. The standard InChI is InChI=1S/C23H32O11/c1-10(15(25)30-6)22(28)12(24)8-20-13-7-11(19(2,3)4)21(20)14(31-9-29-5)16(26)33-18(21)34-23(20,22)17(27)32-13/h10-14,18,24,28H,7-9H2,1-6H3/t10-,11-,12+,13+,14-,18-,20?,21?,22+,23+/m0/s1. The van der Waals surface area contributed by atoms with Crippen molar-refractivity contribution in [2.24, 2.45) is 28.1 Å². The van der Waals surface area contributed by atoms with Gasteiger partial charge in [0.1, 0.15) is 18.5 Å². The van der Waals surface area contributed by atoms with Gasteiger partial charge in [0.25, 0.3) is 0 Å². The van der Waals surface area contributed by atoms with Gasteiger partial charge in [0, 0.05) is 7.11 Å². The first kappa shape index (κ1) is 23.9. The van der Waals surface area contributed by atoms with Crippen LogP contribution in [0.15, 0.2) is 0 Å². The summed E-state index contributed by atoms with van der Waals surface area (Å²) in [5.41, 5.74) is -7.70. The molecule has 2 aliphatic carbocycles. The molecule has 10 atom stereocenters. The molecule has 3 saturated heterocycles. The minimum Gasteiger partial charge on any atom is -0.469 e. The third-order valence-corrected chi connectivity index (χ3v) is 9.26. The normalized spacial score (nSPS) is 49.4. The van der Waals surface area contributed by atoms with Crippen molar-refractivity contribution in [3.63, 3.8) is 0 Å². The molecular weight excluding hydrogens is 452 g/mol.